The van der Waals surface area contributed by atoms with Gasteiger partial charge in [0.1, 0.15) is 11.5 Å². The molecule has 2 heterocycles. The van der Waals surface area contributed by atoms with Crippen LogP contribution in [0.3, 0.4) is 0 Å². The van der Waals surface area contributed by atoms with Crippen molar-refractivity contribution in [3.63, 3.8) is 0 Å². The van der Waals surface area contributed by atoms with Crippen molar-refractivity contribution in [2.45, 2.75) is 12.6 Å². The van der Waals surface area contributed by atoms with Crippen LogP contribution in [0.4, 0.5) is 4.79 Å². The highest BCUT2D eigenvalue weighted by Gasteiger charge is 2.54. The Morgan fingerprint density at radius 1 is 1.12 bits per heavy atom. The predicted octanol–water partition coefficient (Wildman–Crippen LogP) is 0.905. The summed E-state index contributed by atoms with van der Waals surface area (Å²) in [7, 11) is 2.98. The normalized spacial score (nSPS) is 18.2. The van der Waals surface area contributed by atoms with E-state index >= 15 is 0 Å². The second-order valence-corrected chi connectivity index (χ2v) is 7.74. The number of carbonyl (C=O) groups excluding carboxylic acids is 2. The molecule has 10 nitrogen and oxygen atoms in total. The van der Waals surface area contributed by atoms with E-state index in [1.807, 2.05) is 12.1 Å². The highest BCUT2D eigenvalue weighted by Crippen LogP contribution is 2.22. The average Bonchev–Trinajstić information content (AvgIpc) is 3.12. The van der Waals surface area contributed by atoms with Gasteiger partial charge >= 0.3 is 17.8 Å². The van der Waals surface area contributed by atoms with Gasteiger partial charge in [-0.05, 0) is 29.8 Å². The van der Waals surface area contributed by atoms with E-state index in [-0.39, 0.29) is 23.3 Å². The summed E-state index contributed by atoms with van der Waals surface area (Å²) in [5.74, 6) is -0.0716. The number of urea groups is 1. The number of phenols is 2. The van der Waals surface area contributed by atoms with Gasteiger partial charge in [0.15, 0.2) is 0 Å². The van der Waals surface area contributed by atoms with Crippen LogP contribution in [0.2, 0.25) is 5.02 Å². The van der Waals surface area contributed by atoms with Gasteiger partial charge in [-0.15, -0.1) is 5.10 Å². The molecule has 3 amide bonds. The third-order valence-corrected chi connectivity index (χ3v) is 5.43. The Balaban J connectivity index is 1.65. The maximum atomic E-state index is 12.9. The Kier molecular flexibility index (Phi) is 5.48. The number of nitrogens with one attached hydrogen (secondary N) is 1. The highest BCUT2D eigenvalue weighted by atomic mass is 35.5. The molecule has 11 heteroatoms. The van der Waals surface area contributed by atoms with Crippen molar-refractivity contribution in [3.05, 3.63) is 58.6 Å². The fourth-order valence-corrected chi connectivity index (χ4v) is 3.57. The van der Waals surface area contributed by atoms with Crippen molar-refractivity contribution in [1.82, 2.24) is 24.8 Å². The molecular weight excluding hydrogens is 436 g/mol. The number of imide groups is 1. The van der Waals surface area contributed by atoms with E-state index in [2.05, 4.69) is 15.2 Å². The molecule has 0 saturated carbocycles. The van der Waals surface area contributed by atoms with Crippen molar-refractivity contribution in [1.29, 1.82) is 0 Å². The third kappa shape index (κ3) is 3.84. The van der Waals surface area contributed by atoms with E-state index in [1.165, 1.54) is 36.4 Å². The van der Waals surface area contributed by atoms with Crippen molar-refractivity contribution in [2.24, 2.45) is 5.10 Å². The zero-order valence-corrected chi connectivity index (χ0v) is 18.0. The van der Waals surface area contributed by atoms with Crippen molar-refractivity contribution in [2.75, 3.05) is 14.1 Å². The van der Waals surface area contributed by atoms with Crippen molar-refractivity contribution in [3.8, 4) is 11.5 Å². The van der Waals surface area contributed by atoms with Gasteiger partial charge in [-0.1, -0.05) is 23.7 Å². The second kappa shape index (κ2) is 8.26. The van der Waals surface area contributed by atoms with Crippen LogP contribution in [0.25, 0.3) is 0 Å². The molecule has 1 saturated heterocycles. The molecule has 0 aliphatic carbocycles. The number of carbonyl (C=O) groups is 2. The molecule has 2 aromatic rings. The van der Waals surface area contributed by atoms with Crippen molar-refractivity contribution >= 4 is 41.5 Å². The van der Waals surface area contributed by atoms with E-state index in [0.29, 0.717) is 17.1 Å². The number of hydrogen-bond acceptors (Lipinski definition) is 7. The lowest BCUT2D eigenvalue weighted by atomic mass is 10.1. The molecule has 32 heavy (non-hydrogen) atoms. The highest BCUT2D eigenvalue weighted by molar-refractivity contribution is 6.30. The van der Waals surface area contributed by atoms with Gasteiger partial charge in [-0.25, -0.2) is 19.3 Å². The van der Waals surface area contributed by atoms with Crippen LogP contribution < -0.4 is 10.1 Å². The third-order valence-electron chi connectivity index (χ3n) is 5.18. The number of rotatable bonds is 4. The van der Waals surface area contributed by atoms with E-state index in [0.717, 1.165) is 10.5 Å². The first kappa shape index (κ1) is 21.2. The van der Waals surface area contributed by atoms with Crippen LogP contribution in [0.5, 0.6) is 11.5 Å². The van der Waals surface area contributed by atoms with Gasteiger partial charge in [0, 0.05) is 23.7 Å². The monoisotopic (exact) mass is 455 g/mol. The summed E-state index contributed by atoms with van der Waals surface area (Å²) in [6.45, 7) is 0.304. The predicted molar refractivity (Wildman–Crippen MR) is 119 cm³/mol. The van der Waals surface area contributed by atoms with Gasteiger partial charge in [0.25, 0.3) is 5.91 Å². The largest absolute Gasteiger partial charge is 0.508 e. The summed E-state index contributed by atoms with van der Waals surface area (Å²) in [5, 5.41) is 24.0. The maximum absolute atomic E-state index is 12.9. The maximum Gasteiger partial charge on any atom is 0.421 e. The van der Waals surface area contributed by atoms with Gasteiger partial charge in [-0.3, -0.25) is 9.69 Å². The molecule has 2 aliphatic heterocycles. The molecule has 0 aromatic heterocycles. The van der Waals surface area contributed by atoms with E-state index < -0.39 is 18.0 Å². The number of amidine groups is 1. The summed E-state index contributed by atoms with van der Waals surface area (Å²) >= 11 is 5.98. The smallest absolute Gasteiger partial charge is 0.421 e. The number of aromatic hydroxyl groups is 2. The lowest BCUT2D eigenvalue weighted by molar-refractivity contribution is -0.130. The summed E-state index contributed by atoms with van der Waals surface area (Å²) in [4.78, 5) is 29.4. The Hall–Kier alpha value is -4.01. The average molecular weight is 456 g/mol. The number of amides is 3. The SMILES string of the molecule is CN1C(=O)C2C(=[N+]=C(N/N=C/c3ccc(O)cc3O)N2Cc2ccc(Cl)cc2)N(C)C1=O. The molecule has 4 rings (SSSR count). The van der Waals surface area contributed by atoms with Crippen LogP contribution >= 0.6 is 11.6 Å². The Morgan fingerprint density at radius 2 is 1.84 bits per heavy atom. The zero-order valence-electron chi connectivity index (χ0n) is 17.2. The van der Waals surface area contributed by atoms with Gasteiger partial charge < -0.3 is 10.2 Å². The lowest BCUT2D eigenvalue weighted by Crippen LogP contribution is -2.63. The summed E-state index contributed by atoms with van der Waals surface area (Å²) in [5.41, 5.74) is 4.04. The Labute approximate surface area is 188 Å². The van der Waals surface area contributed by atoms with E-state index in [9.17, 15) is 19.8 Å². The standard InChI is InChI=1S/C21H19ClN6O4/c1-26-18-17(19(31)27(2)21(26)32)28(11-12-3-6-14(22)7-4-12)20(24-18)25-23-10-13-5-8-15(29)9-16(13)30/h3-10,17H,11H2,1-2H3,(H2,23,29,30)/p+1. The number of hydrogen-bond donors (Lipinski definition) is 3. The van der Waals surface area contributed by atoms with Crippen LogP contribution in [0.15, 0.2) is 47.6 Å². The topological polar surface area (TPSA) is 123 Å². The molecular formula is C21H20ClN6O4+. The van der Waals surface area contributed by atoms with Gasteiger partial charge in [-0.2, -0.15) is 5.43 Å². The summed E-state index contributed by atoms with van der Waals surface area (Å²) in [6.07, 6.45) is 1.35. The van der Waals surface area contributed by atoms with Crippen LogP contribution in [-0.2, 0) is 11.3 Å². The number of likely N-dealkylation sites (N-methyl/N-ethyl adjacent to an activating group) is 2. The molecule has 2 aromatic carbocycles. The van der Waals surface area contributed by atoms with Gasteiger partial charge in [0.2, 0.25) is 6.04 Å². The second-order valence-electron chi connectivity index (χ2n) is 7.30. The Morgan fingerprint density at radius 3 is 2.53 bits per heavy atom. The fraction of sp³-hybridized carbons (Fsp3) is 0.190. The molecule has 2 aliphatic rings. The molecule has 164 valence electrons. The van der Waals surface area contributed by atoms with Crippen LogP contribution in [0.1, 0.15) is 11.1 Å². The molecule has 0 radical (unpaired) electrons. The van der Waals surface area contributed by atoms with E-state index in [1.54, 1.807) is 24.1 Å². The van der Waals surface area contributed by atoms with Gasteiger partial charge in [0.05, 0.1) is 19.8 Å². The molecule has 1 unspecified atom stereocenters. The number of halogens is 1. The molecule has 1 fully saturated rings. The summed E-state index contributed by atoms with van der Waals surface area (Å²) in [6, 6.07) is 9.99. The van der Waals surface area contributed by atoms with Crippen molar-refractivity contribution < 1.29 is 19.8 Å². The Bertz CT molecular complexity index is 1190. The zero-order chi connectivity index (χ0) is 23.0. The first-order valence-electron chi connectivity index (χ1n) is 9.59. The number of guanidine groups is 1. The minimum atomic E-state index is -0.807. The first-order chi connectivity index (χ1) is 15.3. The number of nitrogens with zero attached hydrogens (tertiary/aromatic N) is 5. The quantitative estimate of drug-likeness (QED) is 0.358. The molecule has 3 N–H and O–H groups in total. The number of hydrazone groups is 1. The molecule has 1 atom stereocenters. The van der Waals surface area contributed by atoms with Crippen LogP contribution in [-0.4, -0.2) is 75.0 Å². The fourth-order valence-electron chi connectivity index (χ4n) is 3.44. The van der Waals surface area contributed by atoms with Crippen LogP contribution in [0, 0.1) is 0 Å². The van der Waals surface area contributed by atoms with E-state index in [4.69, 9.17) is 11.6 Å². The minimum Gasteiger partial charge on any atom is -0.508 e. The summed E-state index contributed by atoms with van der Waals surface area (Å²) < 4.78 is 4.45. The number of phenolic OH excluding ortho intramolecular Hbond substituents is 2. The minimum absolute atomic E-state index is 0.0715. The number of fused-ring (bicyclic) bond motifs is 1. The number of benzene rings is 2. The molecule has 0 bridgehead atoms. The first-order valence-corrected chi connectivity index (χ1v) is 9.97. The lowest BCUT2D eigenvalue weighted by Gasteiger charge is -2.31. The molecule has 0 spiro atoms.